The van der Waals surface area contributed by atoms with Crippen molar-refractivity contribution in [3.8, 4) is 5.75 Å². The van der Waals surface area contributed by atoms with Crippen molar-refractivity contribution in [1.29, 1.82) is 0 Å². The van der Waals surface area contributed by atoms with Crippen molar-refractivity contribution >= 4 is 15.9 Å². The van der Waals surface area contributed by atoms with E-state index in [1.54, 1.807) is 7.11 Å². The van der Waals surface area contributed by atoms with Gasteiger partial charge in [-0.2, -0.15) is 0 Å². The molecule has 0 atom stereocenters. The van der Waals surface area contributed by atoms with Crippen LogP contribution >= 0.6 is 15.9 Å². The molecule has 0 amide bonds. The summed E-state index contributed by atoms with van der Waals surface area (Å²) in [5.74, 6) is 0.845. The second-order valence-electron chi connectivity index (χ2n) is 3.81. The quantitative estimate of drug-likeness (QED) is 0.941. The summed E-state index contributed by atoms with van der Waals surface area (Å²) in [7, 11) is 1.66. The zero-order valence-electron chi connectivity index (χ0n) is 9.56. The highest BCUT2D eigenvalue weighted by atomic mass is 79.9. The van der Waals surface area contributed by atoms with E-state index >= 15 is 0 Å². The number of aliphatic hydroxyl groups excluding tert-OH is 1. The standard InChI is InChI=1S/C13H14BrNO2/c1-17-12-2-3-13(14)11(6-12)8-15-5-4-10(7-15)9-16/h2-7,16H,8-9H2,1H3. The zero-order chi connectivity index (χ0) is 12.3. The van der Waals surface area contributed by atoms with Gasteiger partial charge in [-0.25, -0.2) is 0 Å². The molecular formula is C13H14BrNO2. The molecule has 90 valence electrons. The first kappa shape index (κ1) is 12.2. The molecule has 2 rings (SSSR count). The first-order valence-electron chi connectivity index (χ1n) is 5.31. The Morgan fingerprint density at radius 3 is 2.82 bits per heavy atom. The smallest absolute Gasteiger partial charge is 0.119 e. The number of halogens is 1. The van der Waals surface area contributed by atoms with Crippen LogP contribution in [0.5, 0.6) is 5.75 Å². The minimum Gasteiger partial charge on any atom is -0.497 e. The lowest BCUT2D eigenvalue weighted by molar-refractivity contribution is 0.282. The molecule has 0 radical (unpaired) electrons. The van der Waals surface area contributed by atoms with Crippen LogP contribution in [-0.4, -0.2) is 16.8 Å². The fourth-order valence-corrected chi connectivity index (χ4v) is 2.05. The second kappa shape index (κ2) is 5.38. The molecule has 1 aromatic carbocycles. The van der Waals surface area contributed by atoms with E-state index in [0.717, 1.165) is 27.9 Å². The summed E-state index contributed by atoms with van der Waals surface area (Å²) in [4.78, 5) is 0. The van der Waals surface area contributed by atoms with E-state index in [1.807, 2.05) is 41.2 Å². The van der Waals surface area contributed by atoms with Gasteiger partial charge in [0.05, 0.1) is 13.7 Å². The molecule has 0 fully saturated rings. The van der Waals surface area contributed by atoms with Crippen molar-refractivity contribution in [2.75, 3.05) is 7.11 Å². The van der Waals surface area contributed by atoms with Gasteiger partial charge in [-0.3, -0.25) is 0 Å². The molecule has 0 bridgehead atoms. The van der Waals surface area contributed by atoms with Crippen LogP contribution in [-0.2, 0) is 13.2 Å². The largest absolute Gasteiger partial charge is 0.497 e. The van der Waals surface area contributed by atoms with Gasteiger partial charge in [0.25, 0.3) is 0 Å². The lowest BCUT2D eigenvalue weighted by Gasteiger charge is -2.08. The summed E-state index contributed by atoms with van der Waals surface area (Å²) in [6.07, 6.45) is 3.89. The Kier molecular flexibility index (Phi) is 3.86. The number of rotatable bonds is 4. The normalized spacial score (nSPS) is 10.5. The third kappa shape index (κ3) is 2.90. The summed E-state index contributed by atoms with van der Waals surface area (Å²) in [5, 5.41) is 9.01. The molecule has 0 saturated carbocycles. The van der Waals surface area contributed by atoms with Crippen molar-refractivity contribution in [3.63, 3.8) is 0 Å². The first-order valence-corrected chi connectivity index (χ1v) is 6.10. The van der Waals surface area contributed by atoms with Crippen LogP contribution < -0.4 is 4.74 Å². The number of hydrogen-bond acceptors (Lipinski definition) is 2. The lowest BCUT2D eigenvalue weighted by atomic mass is 10.2. The van der Waals surface area contributed by atoms with E-state index in [4.69, 9.17) is 9.84 Å². The number of nitrogens with zero attached hydrogens (tertiary/aromatic N) is 1. The van der Waals surface area contributed by atoms with Gasteiger partial charge in [0, 0.05) is 23.4 Å². The highest BCUT2D eigenvalue weighted by Crippen LogP contribution is 2.23. The molecular weight excluding hydrogens is 282 g/mol. The molecule has 0 aliphatic heterocycles. The van der Waals surface area contributed by atoms with Gasteiger partial charge in [-0.05, 0) is 35.4 Å². The van der Waals surface area contributed by atoms with E-state index in [0.29, 0.717) is 0 Å². The van der Waals surface area contributed by atoms with Gasteiger partial charge in [0.2, 0.25) is 0 Å². The Hall–Kier alpha value is -1.26. The number of aliphatic hydroxyl groups is 1. The van der Waals surface area contributed by atoms with E-state index in [9.17, 15) is 0 Å². The molecule has 0 saturated heterocycles. The maximum absolute atomic E-state index is 9.01. The highest BCUT2D eigenvalue weighted by molar-refractivity contribution is 9.10. The Morgan fingerprint density at radius 2 is 2.18 bits per heavy atom. The van der Waals surface area contributed by atoms with E-state index < -0.39 is 0 Å². The topological polar surface area (TPSA) is 34.4 Å². The van der Waals surface area contributed by atoms with Gasteiger partial charge in [0.15, 0.2) is 0 Å². The predicted octanol–water partition coefficient (Wildman–Crippen LogP) is 2.80. The van der Waals surface area contributed by atoms with Gasteiger partial charge >= 0.3 is 0 Å². The van der Waals surface area contributed by atoms with Crippen molar-refractivity contribution in [2.24, 2.45) is 0 Å². The number of benzene rings is 1. The van der Waals surface area contributed by atoms with E-state index in [-0.39, 0.29) is 6.61 Å². The number of hydrogen-bond donors (Lipinski definition) is 1. The van der Waals surface area contributed by atoms with E-state index in [2.05, 4.69) is 15.9 Å². The summed E-state index contributed by atoms with van der Waals surface area (Å²) < 4.78 is 8.29. The molecule has 2 aromatic rings. The number of aromatic nitrogens is 1. The molecule has 1 N–H and O–H groups in total. The van der Waals surface area contributed by atoms with Crippen molar-refractivity contribution in [3.05, 3.63) is 52.3 Å². The fourth-order valence-electron chi connectivity index (χ4n) is 1.68. The molecule has 0 aliphatic rings. The molecule has 1 heterocycles. The Bertz CT molecular complexity index is 508. The molecule has 0 unspecified atom stereocenters. The summed E-state index contributed by atoms with van der Waals surface area (Å²) >= 11 is 3.52. The van der Waals surface area contributed by atoms with Crippen LogP contribution in [0, 0.1) is 0 Å². The average Bonchev–Trinajstić information content (AvgIpc) is 2.80. The molecule has 0 spiro atoms. The maximum atomic E-state index is 9.01. The van der Waals surface area contributed by atoms with Gasteiger partial charge in [-0.15, -0.1) is 0 Å². The van der Waals surface area contributed by atoms with Crippen LogP contribution in [0.1, 0.15) is 11.1 Å². The van der Waals surface area contributed by atoms with Crippen molar-refractivity contribution < 1.29 is 9.84 Å². The number of methoxy groups -OCH3 is 1. The molecule has 3 nitrogen and oxygen atoms in total. The van der Waals surface area contributed by atoms with Crippen LogP contribution in [0.4, 0.5) is 0 Å². The molecule has 1 aromatic heterocycles. The first-order chi connectivity index (χ1) is 8.22. The Labute approximate surface area is 109 Å². The predicted molar refractivity (Wildman–Crippen MR) is 70.2 cm³/mol. The summed E-state index contributed by atoms with van der Waals surface area (Å²) in [5.41, 5.74) is 2.06. The zero-order valence-corrected chi connectivity index (χ0v) is 11.1. The molecule has 17 heavy (non-hydrogen) atoms. The minimum atomic E-state index is 0.0757. The summed E-state index contributed by atoms with van der Waals surface area (Å²) in [6, 6.07) is 7.81. The van der Waals surface area contributed by atoms with Crippen LogP contribution in [0.25, 0.3) is 0 Å². The molecule has 0 aliphatic carbocycles. The minimum absolute atomic E-state index is 0.0757. The van der Waals surface area contributed by atoms with Crippen molar-refractivity contribution in [1.82, 2.24) is 4.57 Å². The Morgan fingerprint density at radius 1 is 1.35 bits per heavy atom. The fraction of sp³-hybridized carbons (Fsp3) is 0.231. The van der Waals surface area contributed by atoms with E-state index in [1.165, 1.54) is 0 Å². The maximum Gasteiger partial charge on any atom is 0.119 e. The van der Waals surface area contributed by atoms with Gasteiger partial charge in [0.1, 0.15) is 5.75 Å². The van der Waals surface area contributed by atoms with Crippen LogP contribution in [0.3, 0.4) is 0 Å². The highest BCUT2D eigenvalue weighted by Gasteiger charge is 2.03. The van der Waals surface area contributed by atoms with Crippen molar-refractivity contribution in [2.45, 2.75) is 13.2 Å². The van der Waals surface area contributed by atoms with Gasteiger partial charge in [-0.1, -0.05) is 15.9 Å². The third-order valence-corrected chi connectivity index (χ3v) is 3.37. The number of ether oxygens (including phenoxy) is 1. The summed E-state index contributed by atoms with van der Waals surface area (Å²) in [6.45, 7) is 0.823. The van der Waals surface area contributed by atoms with Crippen LogP contribution in [0.2, 0.25) is 0 Å². The second-order valence-corrected chi connectivity index (χ2v) is 4.66. The van der Waals surface area contributed by atoms with Crippen LogP contribution in [0.15, 0.2) is 41.1 Å². The lowest BCUT2D eigenvalue weighted by Crippen LogP contribution is -1.98. The third-order valence-electron chi connectivity index (χ3n) is 2.60. The SMILES string of the molecule is COc1ccc(Br)c(Cn2ccc(CO)c2)c1. The average molecular weight is 296 g/mol. The van der Waals surface area contributed by atoms with Gasteiger partial charge < -0.3 is 14.4 Å². The molecule has 4 heteroatoms. The Balaban J connectivity index is 2.22. The monoisotopic (exact) mass is 295 g/mol.